The van der Waals surface area contributed by atoms with Gasteiger partial charge in [-0.05, 0) is 17.0 Å². The molecule has 0 fully saturated rings. The lowest BCUT2D eigenvalue weighted by Gasteiger charge is -2.03. The molecular formula is C10H13N3O3S2. The van der Waals surface area contributed by atoms with Crippen molar-refractivity contribution in [2.45, 2.75) is 17.2 Å². The smallest absolute Gasteiger partial charge is 0.250 e. The number of aliphatic hydroxyl groups is 1. The first kappa shape index (κ1) is 13.2. The number of aromatic amines is 1. The Labute approximate surface area is 109 Å². The third kappa shape index (κ3) is 3.16. The topological polar surface area (TPSA) is 95.1 Å². The lowest BCUT2D eigenvalue weighted by Crippen LogP contribution is -2.25. The summed E-state index contributed by atoms with van der Waals surface area (Å²) in [6, 6.07) is 1.48. The first-order chi connectivity index (χ1) is 8.62. The van der Waals surface area contributed by atoms with Crippen LogP contribution in [-0.4, -0.2) is 30.0 Å². The molecule has 0 radical (unpaired) electrons. The van der Waals surface area contributed by atoms with Crippen LogP contribution >= 0.6 is 11.3 Å². The average molecular weight is 287 g/mol. The zero-order valence-electron chi connectivity index (χ0n) is 9.46. The van der Waals surface area contributed by atoms with E-state index in [-0.39, 0.29) is 10.8 Å². The fourth-order valence-corrected chi connectivity index (χ4v) is 3.67. The van der Waals surface area contributed by atoms with E-state index in [1.165, 1.54) is 6.07 Å². The monoisotopic (exact) mass is 287 g/mol. The Morgan fingerprint density at radius 3 is 2.94 bits per heavy atom. The van der Waals surface area contributed by atoms with Gasteiger partial charge in [-0.3, -0.25) is 0 Å². The van der Waals surface area contributed by atoms with Crippen LogP contribution in [0.5, 0.6) is 0 Å². The molecule has 8 heteroatoms. The van der Waals surface area contributed by atoms with Crippen LogP contribution in [0.4, 0.5) is 0 Å². The fraction of sp³-hybridized carbons (Fsp3) is 0.300. The molecule has 6 nitrogen and oxygen atoms in total. The van der Waals surface area contributed by atoms with Crippen LogP contribution in [0.2, 0.25) is 0 Å². The minimum Gasteiger partial charge on any atom is -0.392 e. The average Bonchev–Trinajstić information content (AvgIpc) is 2.99. The molecule has 2 heterocycles. The summed E-state index contributed by atoms with van der Waals surface area (Å²) >= 11 is 1.10. The first-order valence-corrected chi connectivity index (χ1v) is 7.63. The fourth-order valence-electron chi connectivity index (χ4n) is 1.39. The number of thiophene rings is 1. The maximum absolute atomic E-state index is 11.9. The first-order valence-electron chi connectivity index (χ1n) is 5.27. The Bertz CT molecular complexity index is 590. The number of nitrogens with zero attached hydrogens (tertiary/aromatic N) is 1. The van der Waals surface area contributed by atoms with Crippen molar-refractivity contribution in [2.75, 3.05) is 6.54 Å². The largest absolute Gasteiger partial charge is 0.392 e. The number of H-pyrrole nitrogens is 1. The number of imidazole rings is 1. The number of sulfonamides is 1. The van der Waals surface area contributed by atoms with Crippen molar-refractivity contribution in [3.8, 4) is 0 Å². The normalized spacial score (nSPS) is 11.8. The van der Waals surface area contributed by atoms with Crippen LogP contribution in [0.3, 0.4) is 0 Å². The summed E-state index contributed by atoms with van der Waals surface area (Å²) in [6.07, 6.45) is 3.76. The predicted molar refractivity (Wildman–Crippen MR) is 67.7 cm³/mol. The van der Waals surface area contributed by atoms with E-state index in [0.717, 1.165) is 17.0 Å². The highest BCUT2D eigenvalue weighted by Crippen LogP contribution is 2.19. The van der Waals surface area contributed by atoms with Gasteiger partial charge in [0.05, 0.1) is 12.9 Å². The van der Waals surface area contributed by atoms with Crippen LogP contribution in [-0.2, 0) is 23.1 Å². The number of aromatic nitrogens is 2. The quantitative estimate of drug-likeness (QED) is 0.720. The molecule has 2 aromatic rings. The molecule has 0 aliphatic carbocycles. The molecule has 2 aromatic heterocycles. The van der Waals surface area contributed by atoms with Crippen molar-refractivity contribution in [1.82, 2.24) is 14.7 Å². The summed E-state index contributed by atoms with van der Waals surface area (Å²) in [5.41, 5.74) is 1.48. The van der Waals surface area contributed by atoms with E-state index < -0.39 is 10.0 Å². The number of rotatable bonds is 6. The summed E-state index contributed by atoms with van der Waals surface area (Å²) in [4.78, 5) is 6.75. The standard InChI is InChI=1S/C10H13N3O3S2/c14-5-8-3-10(17-6-8)18(15,16)13-2-1-9-4-11-7-12-9/h3-4,6-7,13-14H,1-2,5H2,(H,11,12). The molecule has 0 unspecified atom stereocenters. The second-order valence-electron chi connectivity index (χ2n) is 3.66. The van der Waals surface area contributed by atoms with E-state index in [9.17, 15) is 8.42 Å². The van der Waals surface area contributed by atoms with Crippen molar-refractivity contribution in [3.63, 3.8) is 0 Å². The van der Waals surface area contributed by atoms with Gasteiger partial charge < -0.3 is 10.1 Å². The molecule has 0 saturated carbocycles. The minimum atomic E-state index is -3.48. The van der Waals surface area contributed by atoms with Crippen LogP contribution in [0.1, 0.15) is 11.3 Å². The molecule has 98 valence electrons. The van der Waals surface area contributed by atoms with Crippen molar-refractivity contribution < 1.29 is 13.5 Å². The van der Waals surface area contributed by atoms with Gasteiger partial charge in [0.15, 0.2) is 0 Å². The Hall–Kier alpha value is -1.22. The summed E-state index contributed by atoms with van der Waals surface area (Å²) < 4.78 is 26.5. The second-order valence-corrected chi connectivity index (χ2v) is 6.56. The molecular weight excluding hydrogens is 274 g/mol. The van der Waals surface area contributed by atoms with Crippen molar-refractivity contribution >= 4 is 21.4 Å². The number of hydrogen-bond acceptors (Lipinski definition) is 5. The second kappa shape index (κ2) is 5.61. The third-order valence-corrected chi connectivity index (χ3v) is 5.27. The maximum atomic E-state index is 11.9. The van der Waals surface area contributed by atoms with Crippen molar-refractivity contribution in [1.29, 1.82) is 0 Å². The molecule has 0 aliphatic heterocycles. The highest BCUT2D eigenvalue weighted by molar-refractivity contribution is 7.91. The Morgan fingerprint density at radius 2 is 2.33 bits per heavy atom. The van der Waals surface area contributed by atoms with Crippen LogP contribution in [0.15, 0.2) is 28.2 Å². The van der Waals surface area contributed by atoms with Gasteiger partial charge in [0, 0.05) is 24.9 Å². The van der Waals surface area contributed by atoms with Gasteiger partial charge in [0.25, 0.3) is 0 Å². The maximum Gasteiger partial charge on any atom is 0.250 e. The third-order valence-electron chi connectivity index (χ3n) is 2.32. The van der Waals surface area contributed by atoms with Crippen molar-refractivity contribution in [3.05, 3.63) is 35.2 Å². The van der Waals surface area contributed by atoms with E-state index in [4.69, 9.17) is 5.11 Å². The molecule has 3 N–H and O–H groups in total. The van der Waals surface area contributed by atoms with Gasteiger partial charge >= 0.3 is 0 Å². The molecule has 18 heavy (non-hydrogen) atoms. The SMILES string of the molecule is O=S(=O)(NCCc1cnc[nH]1)c1cc(CO)cs1. The molecule has 0 aromatic carbocycles. The van der Waals surface area contributed by atoms with Gasteiger partial charge in [-0.1, -0.05) is 0 Å². The summed E-state index contributed by atoms with van der Waals surface area (Å²) in [7, 11) is -3.48. The highest BCUT2D eigenvalue weighted by atomic mass is 32.2. The highest BCUT2D eigenvalue weighted by Gasteiger charge is 2.15. The number of hydrogen-bond donors (Lipinski definition) is 3. The summed E-state index contributed by atoms with van der Waals surface area (Å²) in [5, 5.41) is 10.5. The Kier molecular flexibility index (Phi) is 4.12. The molecule has 0 amide bonds. The zero-order chi connectivity index (χ0) is 13.0. The Morgan fingerprint density at radius 1 is 1.50 bits per heavy atom. The molecule has 0 bridgehead atoms. The molecule has 0 saturated heterocycles. The van der Waals surface area contributed by atoms with Crippen molar-refractivity contribution in [2.24, 2.45) is 0 Å². The van der Waals surface area contributed by atoms with Crippen LogP contribution < -0.4 is 4.72 Å². The number of aliphatic hydroxyl groups excluding tert-OH is 1. The zero-order valence-corrected chi connectivity index (χ0v) is 11.1. The predicted octanol–water partition coefficient (Wildman–Crippen LogP) is 0.484. The summed E-state index contributed by atoms with van der Waals surface area (Å²) in [5.74, 6) is 0. The van der Waals surface area contributed by atoms with Gasteiger partial charge in [-0.15, -0.1) is 11.3 Å². The van der Waals surface area contributed by atoms with E-state index in [2.05, 4.69) is 14.7 Å². The molecule has 0 atom stereocenters. The minimum absolute atomic E-state index is 0.153. The van der Waals surface area contributed by atoms with Gasteiger partial charge in [0.2, 0.25) is 10.0 Å². The van der Waals surface area contributed by atoms with Crippen LogP contribution in [0.25, 0.3) is 0 Å². The lowest BCUT2D eigenvalue weighted by molar-refractivity contribution is 0.282. The molecule has 2 rings (SSSR count). The van der Waals surface area contributed by atoms with E-state index in [1.54, 1.807) is 17.9 Å². The van der Waals surface area contributed by atoms with E-state index in [0.29, 0.717) is 18.5 Å². The summed E-state index contributed by atoms with van der Waals surface area (Å²) in [6.45, 7) is 0.150. The number of nitrogens with one attached hydrogen (secondary N) is 2. The van der Waals surface area contributed by atoms with Gasteiger partial charge in [-0.25, -0.2) is 18.1 Å². The Balaban J connectivity index is 1.95. The molecule has 0 aliphatic rings. The lowest BCUT2D eigenvalue weighted by atomic mass is 10.3. The van der Waals surface area contributed by atoms with Crippen LogP contribution in [0, 0.1) is 0 Å². The van der Waals surface area contributed by atoms with Gasteiger partial charge in [0.1, 0.15) is 4.21 Å². The van der Waals surface area contributed by atoms with E-state index >= 15 is 0 Å². The van der Waals surface area contributed by atoms with E-state index in [1.807, 2.05) is 0 Å². The molecule has 0 spiro atoms. The van der Waals surface area contributed by atoms with Gasteiger partial charge in [-0.2, -0.15) is 0 Å².